The van der Waals surface area contributed by atoms with E-state index in [0.717, 1.165) is 69.7 Å². The van der Waals surface area contributed by atoms with Crippen molar-refractivity contribution >= 4 is 87.3 Å². The van der Waals surface area contributed by atoms with Gasteiger partial charge in [-0.1, -0.05) is 18.2 Å². The molecule has 0 bridgehead atoms. The van der Waals surface area contributed by atoms with E-state index < -0.39 is 54.4 Å². The van der Waals surface area contributed by atoms with Gasteiger partial charge in [-0.05, 0) is 177 Å². The number of hydrogen-bond acceptors (Lipinski definition) is 9. The van der Waals surface area contributed by atoms with Crippen LogP contribution in [-0.4, -0.2) is 74.9 Å². The number of carbonyl (C=O) groups is 5. The van der Waals surface area contributed by atoms with Crippen LogP contribution in [0.15, 0.2) is 128 Å². The summed E-state index contributed by atoms with van der Waals surface area (Å²) in [5, 5.41) is 5.62. The van der Waals surface area contributed by atoms with E-state index in [2.05, 4.69) is 10.3 Å². The summed E-state index contributed by atoms with van der Waals surface area (Å²) >= 11 is 0. The second-order valence-corrected chi connectivity index (χ2v) is 21.3. The lowest BCUT2D eigenvalue weighted by atomic mass is 10.1. The van der Waals surface area contributed by atoms with Crippen molar-refractivity contribution in [3.8, 4) is 0 Å². The first-order valence-electron chi connectivity index (χ1n) is 25.1. The molecule has 0 aliphatic carbocycles. The van der Waals surface area contributed by atoms with Gasteiger partial charge >= 0.3 is 18.3 Å². The average Bonchev–Trinajstić information content (AvgIpc) is 4.24. The van der Waals surface area contributed by atoms with E-state index in [9.17, 15) is 50.3 Å². The van der Waals surface area contributed by atoms with Crippen molar-refractivity contribution in [2.75, 3.05) is 23.3 Å². The van der Waals surface area contributed by atoms with E-state index in [4.69, 9.17) is 14.2 Å². The second-order valence-electron chi connectivity index (χ2n) is 21.3. The Morgan fingerprint density at radius 2 is 0.988 bits per heavy atom. The zero-order chi connectivity index (χ0) is 58.0. The van der Waals surface area contributed by atoms with Crippen LogP contribution in [0.25, 0.3) is 32.7 Å². The molecule has 2 aliphatic rings. The van der Waals surface area contributed by atoms with Gasteiger partial charge < -0.3 is 24.5 Å². The fraction of sp³-hybridized carbons (Fsp3) is 0.317. The molecule has 0 unspecified atom stereocenters. The molecule has 2 N–H and O–H groups in total. The molecule has 0 saturated heterocycles. The quantitative estimate of drug-likeness (QED) is 0.0974. The van der Waals surface area contributed by atoms with Crippen LogP contribution < -0.4 is 10.2 Å². The fourth-order valence-electron chi connectivity index (χ4n) is 8.14. The first-order valence-corrected chi connectivity index (χ1v) is 25.1. The van der Waals surface area contributed by atoms with Crippen molar-refractivity contribution in [2.45, 2.75) is 111 Å². The molecule has 8 aromatic rings. The van der Waals surface area contributed by atoms with Gasteiger partial charge in [0.15, 0.2) is 0 Å². The molecule has 0 spiro atoms. The molecule has 10 rings (SSSR count). The van der Waals surface area contributed by atoms with Crippen molar-refractivity contribution < 1.29 is 64.5 Å². The summed E-state index contributed by atoms with van der Waals surface area (Å²) in [5.41, 5.74) is 5.45. The maximum absolute atomic E-state index is 12.6. The van der Waals surface area contributed by atoms with E-state index in [0.29, 0.717) is 35.1 Å². The van der Waals surface area contributed by atoms with E-state index in [-0.39, 0.29) is 29.1 Å². The Morgan fingerprint density at radius 1 is 0.525 bits per heavy atom. The number of H-pyrrole nitrogens is 1. The predicted molar refractivity (Wildman–Crippen MR) is 301 cm³/mol. The number of ether oxygens (including phenoxy) is 3. The molecule has 0 radical (unpaired) electrons. The third kappa shape index (κ3) is 17.2. The summed E-state index contributed by atoms with van der Waals surface area (Å²) in [6.45, 7) is 17.5. The summed E-state index contributed by atoms with van der Waals surface area (Å²) in [6, 6.07) is 29.4. The number of aromatic nitrogens is 3. The van der Waals surface area contributed by atoms with E-state index >= 15 is 0 Å². The molecule has 20 heteroatoms. The first-order chi connectivity index (χ1) is 37.1. The van der Waals surface area contributed by atoms with Crippen molar-refractivity contribution in [1.82, 2.24) is 14.1 Å². The average molecular weight is 1130 g/mol. The number of halogens is 7. The van der Waals surface area contributed by atoms with Gasteiger partial charge in [-0.3, -0.25) is 23.6 Å². The van der Waals surface area contributed by atoms with Crippen LogP contribution in [0.1, 0.15) is 130 Å². The van der Waals surface area contributed by atoms with Crippen LogP contribution in [0.2, 0.25) is 0 Å². The Morgan fingerprint density at radius 3 is 1.52 bits per heavy atom. The van der Waals surface area contributed by atoms with Crippen LogP contribution in [0.5, 0.6) is 0 Å². The largest absolute Gasteiger partial charge is 0.443 e. The zero-order valence-corrected chi connectivity index (χ0v) is 46.4. The van der Waals surface area contributed by atoms with Gasteiger partial charge in [-0.15, -0.1) is 12.4 Å². The number of carbonyl (C=O) groups excluding carboxylic acids is 5. The highest BCUT2D eigenvalue weighted by Gasteiger charge is 2.30. The van der Waals surface area contributed by atoms with Gasteiger partial charge in [0.2, 0.25) is 0 Å². The summed E-state index contributed by atoms with van der Waals surface area (Å²) in [7, 11) is 0. The summed E-state index contributed by atoms with van der Waals surface area (Å²) in [6.07, 6.45) is -0.631. The first kappa shape index (κ1) is 62.8. The van der Waals surface area contributed by atoms with Crippen LogP contribution in [-0.2, 0) is 27.1 Å². The number of fused-ring (bicyclic) bond motifs is 5. The minimum Gasteiger partial charge on any atom is -0.443 e. The molecular formula is C60H64ClF6N5O8. The van der Waals surface area contributed by atoms with Crippen LogP contribution >= 0.6 is 12.4 Å². The molecule has 80 heavy (non-hydrogen) atoms. The topological polar surface area (TPSA) is 154 Å². The lowest BCUT2D eigenvalue weighted by molar-refractivity contribution is 0.0533. The number of nitrogens with one attached hydrogen (secondary N) is 2. The molecular weight excluding hydrogens is 1070 g/mol. The second kappa shape index (κ2) is 26.7. The monoisotopic (exact) mass is 1130 g/mol. The highest BCUT2D eigenvalue weighted by atomic mass is 35.5. The maximum atomic E-state index is 12.6. The Labute approximate surface area is 465 Å². The minimum absolute atomic E-state index is 0. The number of aromatic amines is 1. The Kier molecular flexibility index (Phi) is 21.0. The van der Waals surface area contributed by atoms with Crippen LogP contribution in [0, 0.1) is 0 Å². The van der Waals surface area contributed by atoms with Crippen molar-refractivity contribution in [3.63, 3.8) is 0 Å². The number of hydrogen-bond donors (Lipinski definition) is 2. The van der Waals surface area contributed by atoms with Gasteiger partial charge in [-0.2, -0.15) is 0 Å². The third-order valence-corrected chi connectivity index (χ3v) is 11.7. The molecule has 5 heterocycles. The van der Waals surface area contributed by atoms with Gasteiger partial charge in [-0.25, -0.2) is 40.7 Å². The summed E-state index contributed by atoms with van der Waals surface area (Å²) < 4.78 is 93.4. The molecule has 2 aliphatic heterocycles. The number of aldehydes is 2. The predicted octanol–water partition coefficient (Wildman–Crippen LogP) is 16.5. The molecule has 0 atom stereocenters. The minimum atomic E-state index is -2.52. The van der Waals surface area contributed by atoms with Gasteiger partial charge in [0.25, 0.3) is 19.3 Å². The number of nitrogens with zero attached hydrogens (tertiary/aromatic N) is 3. The number of rotatable bonds is 5. The Balaban J connectivity index is 0.000000186. The molecule has 3 aromatic heterocycles. The molecule has 0 saturated carbocycles. The molecule has 426 valence electrons. The maximum Gasteiger partial charge on any atom is 0.418 e. The molecule has 5 aromatic carbocycles. The number of amides is 1. The fourth-order valence-corrected chi connectivity index (χ4v) is 8.14. The lowest BCUT2D eigenvalue weighted by Crippen LogP contribution is -2.35. The van der Waals surface area contributed by atoms with Crippen molar-refractivity contribution in [2.24, 2.45) is 0 Å². The zero-order valence-electron chi connectivity index (χ0n) is 45.6. The van der Waals surface area contributed by atoms with Gasteiger partial charge in [0.1, 0.15) is 29.4 Å². The van der Waals surface area contributed by atoms with Crippen molar-refractivity contribution in [1.29, 1.82) is 0 Å². The smallest absolute Gasteiger partial charge is 0.418 e. The Bertz CT molecular complexity index is 3440. The highest BCUT2D eigenvalue weighted by molar-refractivity contribution is 5.94. The third-order valence-electron chi connectivity index (χ3n) is 11.7. The normalized spacial score (nSPS) is 12.6. The van der Waals surface area contributed by atoms with Crippen LogP contribution in [0.4, 0.5) is 52.1 Å². The number of benzene rings is 5. The molecule has 0 fully saturated rings. The molecule has 1 amide bonds. The number of alkyl halides is 6. The van der Waals surface area contributed by atoms with E-state index in [1.165, 1.54) is 56.6 Å². The summed E-state index contributed by atoms with van der Waals surface area (Å²) in [5.74, 6) is 0. The lowest BCUT2D eigenvalue weighted by Gasteiger charge is -2.24. The van der Waals surface area contributed by atoms with Gasteiger partial charge in [0, 0.05) is 86.9 Å². The Hall–Kier alpha value is -8.06. The standard InChI is InChI=1S/C14H17F2NO2.C14H15F2NO2.C14H15NO3.C9H9F2N.C9H7NO.ClH/c2*1-14(2,3)19-13(18)17-7-6-9-8-10(12(15)16)4-5-11(9)17;1-14(2,3)18-13(17)15-7-6-11-8-10(9-16)4-5-12(11)15;10-9(11)7-1-2-8-6(5-7)3-4-12-8;11-6-7-1-2-9-8(5-7)3-4-10-9;/h4-5,8,12H,6-7H2,1-3H3;4-8,12H,1-3H3;4-9H,1-3H3;1-2,5,9,12H,3-4H2;1-6,10H;1H. The van der Waals surface area contributed by atoms with Crippen molar-refractivity contribution in [3.05, 3.63) is 167 Å². The highest BCUT2D eigenvalue weighted by Crippen LogP contribution is 2.33. The van der Waals surface area contributed by atoms with E-state index in [1.54, 1.807) is 102 Å². The van der Waals surface area contributed by atoms with E-state index in [1.807, 2.05) is 45.2 Å². The SMILES string of the molecule is CC(C)(C)OC(=O)N1CCc2cc(C(F)F)ccc21.CC(C)(C)OC(=O)n1ccc2cc(C(F)F)ccc21.CC(C)(C)OC(=O)n1ccc2cc(C=O)ccc21.Cl.FC(F)c1ccc2c(c1)CCN2.O=Cc1ccc2[nH]ccc2c1. The number of anilines is 2. The molecule has 13 nitrogen and oxygen atoms in total. The summed E-state index contributed by atoms with van der Waals surface area (Å²) in [4.78, 5) is 61.5. The van der Waals surface area contributed by atoms with Crippen LogP contribution in [0.3, 0.4) is 0 Å². The van der Waals surface area contributed by atoms with Gasteiger partial charge in [0.05, 0.1) is 16.7 Å².